The topological polar surface area (TPSA) is 116 Å². The van der Waals surface area contributed by atoms with Crippen molar-refractivity contribution in [3.8, 4) is 0 Å². The van der Waals surface area contributed by atoms with Crippen LogP contribution in [0.25, 0.3) is 10.2 Å². The molecule has 0 fully saturated rings. The fraction of sp³-hybridized carbons (Fsp3) is 0.357. The maximum Gasteiger partial charge on any atom is 0.262 e. The van der Waals surface area contributed by atoms with E-state index in [4.69, 9.17) is 5.73 Å². The van der Waals surface area contributed by atoms with Crippen LogP contribution in [0.3, 0.4) is 0 Å². The highest BCUT2D eigenvalue weighted by molar-refractivity contribution is 7.20. The summed E-state index contributed by atoms with van der Waals surface area (Å²) in [4.78, 5) is 30.2. The first kappa shape index (κ1) is 16.5. The minimum atomic E-state index is -0.729. The SMILES string of the molecule is Cc1c(C(=O)NC(C)(C)c2nnc(N)s2)sc2ncn(C)c(=O)c12. The van der Waals surface area contributed by atoms with E-state index in [-0.39, 0.29) is 11.5 Å². The van der Waals surface area contributed by atoms with Gasteiger partial charge < -0.3 is 15.6 Å². The summed E-state index contributed by atoms with van der Waals surface area (Å²) in [6, 6.07) is 0. The van der Waals surface area contributed by atoms with Gasteiger partial charge in [-0.25, -0.2) is 4.98 Å². The number of amides is 1. The number of thiophene rings is 1. The first-order valence-electron chi connectivity index (χ1n) is 7.07. The van der Waals surface area contributed by atoms with Crippen molar-refractivity contribution in [3.63, 3.8) is 0 Å². The Morgan fingerprint density at radius 1 is 1.33 bits per heavy atom. The molecule has 0 spiro atoms. The van der Waals surface area contributed by atoms with E-state index < -0.39 is 5.54 Å². The maximum atomic E-state index is 12.7. The summed E-state index contributed by atoms with van der Waals surface area (Å²) in [5, 5.41) is 12.1. The molecular formula is C14H16N6O2S2. The predicted octanol–water partition coefficient (Wildman–Crippen LogP) is 1.40. The van der Waals surface area contributed by atoms with Gasteiger partial charge in [0.25, 0.3) is 11.5 Å². The molecule has 0 aromatic carbocycles. The van der Waals surface area contributed by atoms with Crippen LogP contribution in [0.4, 0.5) is 5.13 Å². The van der Waals surface area contributed by atoms with E-state index in [9.17, 15) is 9.59 Å². The van der Waals surface area contributed by atoms with Gasteiger partial charge in [0.15, 0.2) is 0 Å². The number of aromatic nitrogens is 4. The van der Waals surface area contributed by atoms with Gasteiger partial charge in [-0.05, 0) is 26.3 Å². The maximum absolute atomic E-state index is 12.7. The number of rotatable bonds is 3. The molecule has 0 aliphatic rings. The monoisotopic (exact) mass is 364 g/mol. The van der Waals surface area contributed by atoms with E-state index in [1.165, 1.54) is 33.6 Å². The first-order chi connectivity index (χ1) is 11.2. The lowest BCUT2D eigenvalue weighted by atomic mass is 10.1. The van der Waals surface area contributed by atoms with E-state index in [2.05, 4.69) is 20.5 Å². The molecule has 10 heteroatoms. The van der Waals surface area contributed by atoms with E-state index >= 15 is 0 Å². The molecule has 3 rings (SSSR count). The van der Waals surface area contributed by atoms with Gasteiger partial charge in [0.2, 0.25) is 5.13 Å². The number of anilines is 1. The molecule has 3 heterocycles. The number of hydrogen-bond acceptors (Lipinski definition) is 8. The van der Waals surface area contributed by atoms with Gasteiger partial charge >= 0.3 is 0 Å². The Morgan fingerprint density at radius 2 is 2.04 bits per heavy atom. The van der Waals surface area contributed by atoms with Crippen LogP contribution in [-0.2, 0) is 12.6 Å². The average Bonchev–Trinajstić information content (AvgIpc) is 3.07. The summed E-state index contributed by atoms with van der Waals surface area (Å²) in [7, 11) is 1.63. The van der Waals surface area contributed by atoms with Crippen molar-refractivity contribution in [2.24, 2.45) is 7.05 Å². The largest absolute Gasteiger partial charge is 0.374 e. The van der Waals surface area contributed by atoms with Crippen molar-refractivity contribution in [3.05, 3.63) is 32.1 Å². The summed E-state index contributed by atoms with van der Waals surface area (Å²) in [5.41, 5.74) is 5.35. The highest BCUT2D eigenvalue weighted by Crippen LogP contribution is 2.29. The number of aryl methyl sites for hydroxylation is 2. The Hall–Kier alpha value is -2.33. The molecule has 24 heavy (non-hydrogen) atoms. The van der Waals surface area contributed by atoms with Crippen LogP contribution in [0.2, 0.25) is 0 Å². The summed E-state index contributed by atoms with van der Waals surface area (Å²) in [6.07, 6.45) is 1.45. The average molecular weight is 364 g/mol. The molecule has 0 radical (unpaired) electrons. The molecule has 0 saturated heterocycles. The number of nitrogen functional groups attached to an aromatic ring is 1. The van der Waals surface area contributed by atoms with E-state index in [0.29, 0.717) is 30.8 Å². The van der Waals surface area contributed by atoms with Crippen LogP contribution in [0, 0.1) is 6.92 Å². The lowest BCUT2D eigenvalue weighted by molar-refractivity contribution is 0.0915. The third-order valence-electron chi connectivity index (χ3n) is 3.62. The number of nitrogens with one attached hydrogen (secondary N) is 1. The van der Waals surface area contributed by atoms with Gasteiger partial charge in [0.1, 0.15) is 9.84 Å². The summed E-state index contributed by atoms with van der Waals surface area (Å²) >= 11 is 2.43. The van der Waals surface area contributed by atoms with Crippen molar-refractivity contribution >= 4 is 43.9 Å². The highest BCUT2D eigenvalue weighted by atomic mass is 32.1. The molecule has 0 unspecified atom stereocenters. The van der Waals surface area contributed by atoms with Gasteiger partial charge in [-0.1, -0.05) is 11.3 Å². The van der Waals surface area contributed by atoms with Crippen LogP contribution in [-0.4, -0.2) is 25.7 Å². The van der Waals surface area contributed by atoms with Crippen LogP contribution in [0.1, 0.15) is 34.1 Å². The Balaban J connectivity index is 1.99. The molecule has 0 aliphatic carbocycles. The van der Waals surface area contributed by atoms with Crippen LogP contribution in [0.15, 0.2) is 11.1 Å². The Kier molecular flexibility index (Phi) is 3.88. The van der Waals surface area contributed by atoms with Gasteiger partial charge in [-0.2, -0.15) is 0 Å². The highest BCUT2D eigenvalue weighted by Gasteiger charge is 2.29. The minimum Gasteiger partial charge on any atom is -0.374 e. The van der Waals surface area contributed by atoms with Crippen molar-refractivity contribution < 1.29 is 4.79 Å². The normalized spacial score (nSPS) is 11.8. The minimum absolute atomic E-state index is 0.163. The summed E-state index contributed by atoms with van der Waals surface area (Å²) < 4.78 is 1.40. The standard InChI is InChI=1S/C14H16N6O2S2/c1-6-7-10(16-5-20(4)11(7)22)23-8(6)9(21)17-14(2,3)12-18-19-13(15)24-12/h5H,1-4H3,(H2,15,19)(H,17,21). The molecule has 3 aromatic heterocycles. The van der Waals surface area contributed by atoms with Crippen molar-refractivity contribution in [2.45, 2.75) is 26.3 Å². The van der Waals surface area contributed by atoms with Gasteiger partial charge in [0.05, 0.1) is 22.1 Å². The van der Waals surface area contributed by atoms with E-state index in [1.807, 2.05) is 13.8 Å². The van der Waals surface area contributed by atoms with Crippen molar-refractivity contribution in [2.75, 3.05) is 5.73 Å². The molecule has 8 nitrogen and oxygen atoms in total. The molecule has 0 bridgehead atoms. The smallest absolute Gasteiger partial charge is 0.262 e. The van der Waals surface area contributed by atoms with E-state index in [0.717, 1.165) is 0 Å². The second-order valence-electron chi connectivity index (χ2n) is 5.92. The zero-order chi connectivity index (χ0) is 17.6. The Labute approximate surface area is 145 Å². The zero-order valence-corrected chi connectivity index (χ0v) is 15.2. The fourth-order valence-corrected chi connectivity index (χ4v) is 4.01. The molecule has 3 N–H and O–H groups in total. The van der Waals surface area contributed by atoms with Crippen LogP contribution in [0.5, 0.6) is 0 Å². The van der Waals surface area contributed by atoms with Gasteiger partial charge in [-0.15, -0.1) is 21.5 Å². The molecule has 0 saturated carbocycles. The second kappa shape index (κ2) is 5.64. The number of carbonyl (C=O) groups is 1. The second-order valence-corrected chi connectivity index (χ2v) is 7.93. The van der Waals surface area contributed by atoms with E-state index in [1.54, 1.807) is 14.0 Å². The third-order valence-corrected chi connectivity index (χ3v) is 5.89. The summed E-state index contributed by atoms with van der Waals surface area (Å²) in [5.74, 6) is -0.281. The third kappa shape index (κ3) is 2.67. The molecule has 3 aromatic rings. The number of nitrogens with two attached hydrogens (primary N) is 1. The molecule has 126 valence electrons. The number of carbonyl (C=O) groups excluding carboxylic acids is 1. The van der Waals surface area contributed by atoms with Crippen molar-refractivity contribution in [1.82, 2.24) is 25.1 Å². The lowest BCUT2D eigenvalue weighted by Gasteiger charge is -2.22. The predicted molar refractivity (Wildman–Crippen MR) is 94.4 cm³/mol. The number of hydrogen-bond donors (Lipinski definition) is 2. The fourth-order valence-electron chi connectivity index (χ4n) is 2.31. The van der Waals surface area contributed by atoms with Crippen molar-refractivity contribution in [1.29, 1.82) is 0 Å². The quantitative estimate of drug-likeness (QED) is 0.726. The first-order valence-corrected chi connectivity index (χ1v) is 8.70. The molecule has 0 aliphatic heterocycles. The Morgan fingerprint density at radius 3 is 2.67 bits per heavy atom. The zero-order valence-electron chi connectivity index (χ0n) is 13.6. The van der Waals surface area contributed by atoms with Gasteiger partial charge in [-0.3, -0.25) is 9.59 Å². The molecule has 1 amide bonds. The Bertz CT molecular complexity index is 1000. The van der Waals surface area contributed by atoms with Crippen LogP contribution >= 0.6 is 22.7 Å². The number of fused-ring (bicyclic) bond motifs is 1. The van der Waals surface area contributed by atoms with Crippen LogP contribution < -0.4 is 16.6 Å². The molecule has 0 atom stereocenters. The lowest BCUT2D eigenvalue weighted by Crippen LogP contribution is -2.40. The van der Waals surface area contributed by atoms with Gasteiger partial charge in [0, 0.05) is 7.05 Å². The summed E-state index contributed by atoms with van der Waals surface area (Å²) in [6.45, 7) is 5.41. The molecular weight excluding hydrogens is 348 g/mol. The number of nitrogens with zero attached hydrogens (tertiary/aromatic N) is 4.